The average Bonchev–Trinajstić information content (AvgIpc) is 3.72. The van der Waals surface area contributed by atoms with E-state index in [1.54, 1.807) is 0 Å². The Balaban J connectivity index is 1.23. The molecule has 6 nitrogen and oxygen atoms in total. The molecule has 0 unspecified atom stereocenters. The highest BCUT2D eigenvalue weighted by atomic mass is 16.7. The minimum absolute atomic E-state index is 0.441. The molecule has 47 heavy (non-hydrogen) atoms. The first-order chi connectivity index (χ1) is 22.7. The van der Waals surface area contributed by atoms with Crippen molar-refractivity contribution in [2.75, 3.05) is 0 Å². The molecular formula is C40H31BN2O4. The molecule has 9 rings (SSSR count). The first-order valence-electron chi connectivity index (χ1n) is 15.9. The molecule has 0 aliphatic carbocycles. The third-order valence-corrected chi connectivity index (χ3v) is 9.76. The lowest BCUT2D eigenvalue weighted by atomic mass is 9.78. The summed E-state index contributed by atoms with van der Waals surface area (Å²) in [6, 6.07) is 38.8. The number of benzene rings is 5. The predicted octanol–water partition coefficient (Wildman–Crippen LogP) is 9.58. The van der Waals surface area contributed by atoms with Gasteiger partial charge in [0.15, 0.2) is 5.82 Å². The molecule has 0 bridgehead atoms. The Morgan fingerprint density at radius 3 is 1.98 bits per heavy atom. The molecule has 1 fully saturated rings. The van der Waals surface area contributed by atoms with Crippen LogP contribution in [0.3, 0.4) is 0 Å². The van der Waals surface area contributed by atoms with E-state index in [1.165, 1.54) is 0 Å². The molecule has 4 heterocycles. The van der Waals surface area contributed by atoms with Gasteiger partial charge in [0.1, 0.15) is 22.3 Å². The normalized spacial score (nSPS) is 15.8. The van der Waals surface area contributed by atoms with Crippen molar-refractivity contribution in [1.29, 1.82) is 0 Å². The SMILES string of the molecule is CC1(C)OB(c2ccc3oc4cccc(-c5nc(-c6ccccc6)cc(-c6ccc7c(c6)oc6ccccc67)n5)c4c3c2)OC1(C)C. The van der Waals surface area contributed by atoms with Crippen molar-refractivity contribution in [3.05, 3.63) is 115 Å². The van der Waals surface area contributed by atoms with E-state index >= 15 is 0 Å². The van der Waals surface area contributed by atoms with Gasteiger partial charge in [-0.2, -0.15) is 0 Å². The van der Waals surface area contributed by atoms with Crippen molar-refractivity contribution >= 4 is 56.5 Å². The minimum atomic E-state index is -0.487. The van der Waals surface area contributed by atoms with Crippen LogP contribution in [0.15, 0.2) is 124 Å². The van der Waals surface area contributed by atoms with Gasteiger partial charge in [-0.05, 0) is 69.6 Å². The molecule has 5 aromatic carbocycles. The van der Waals surface area contributed by atoms with Crippen LogP contribution in [-0.2, 0) is 9.31 Å². The van der Waals surface area contributed by atoms with E-state index in [0.29, 0.717) is 5.82 Å². The Labute approximate surface area is 272 Å². The molecule has 7 heteroatoms. The Bertz CT molecular complexity index is 2480. The largest absolute Gasteiger partial charge is 0.494 e. The first-order valence-corrected chi connectivity index (χ1v) is 15.9. The van der Waals surface area contributed by atoms with Crippen molar-refractivity contribution in [3.63, 3.8) is 0 Å². The maximum atomic E-state index is 6.40. The van der Waals surface area contributed by atoms with E-state index in [1.807, 2.05) is 66.7 Å². The van der Waals surface area contributed by atoms with Crippen LogP contribution in [0.1, 0.15) is 27.7 Å². The molecular weight excluding hydrogens is 583 g/mol. The summed E-state index contributed by atoms with van der Waals surface area (Å²) in [6.07, 6.45) is 0. The Morgan fingerprint density at radius 1 is 0.511 bits per heavy atom. The summed E-state index contributed by atoms with van der Waals surface area (Å²) >= 11 is 0. The molecule has 0 atom stereocenters. The highest BCUT2D eigenvalue weighted by Gasteiger charge is 2.51. The molecule has 0 radical (unpaired) electrons. The first kappa shape index (κ1) is 28.0. The summed E-state index contributed by atoms with van der Waals surface area (Å²) in [7, 11) is -0.487. The topological polar surface area (TPSA) is 70.5 Å². The quantitative estimate of drug-likeness (QED) is 0.184. The van der Waals surface area contributed by atoms with E-state index in [4.69, 9.17) is 28.1 Å². The van der Waals surface area contributed by atoms with Gasteiger partial charge in [-0.1, -0.05) is 78.9 Å². The lowest BCUT2D eigenvalue weighted by Gasteiger charge is -2.32. The van der Waals surface area contributed by atoms with Crippen molar-refractivity contribution < 1.29 is 18.1 Å². The zero-order valence-corrected chi connectivity index (χ0v) is 26.6. The van der Waals surface area contributed by atoms with Gasteiger partial charge in [0.2, 0.25) is 0 Å². The number of hydrogen-bond acceptors (Lipinski definition) is 6. The van der Waals surface area contributed by atoms with Crippen LogP contribution in [0.5, 0.6) is 0 Å². The lowest BCUT2D eigenvalue weighted by Crippen LogP contribution is -2.41. The van der Waals surface area contributed by atoms with Gasteiger partial charge in [-0.15, -0.1) is 0 Å². The highest BCUT2D eigenvalue weighted by Crippen LogP contribution is 2.40. The Kier molecular flexibility index (Phi) is 6.04. The molecule has 0 spiro atoms. The highest BCUT2D eigenvalue weighted by molar-refractivity contribution is 6.62. The number of aromatic nitrogens is 2. The lowest BCUT2D eigenvalue weighted by molar-refractivity contribution is 0.00578. The van der Waals surface area contributed by atoms with Crippen molar-refractivity contribution in [3.8, 4) is 33.9 Å². The summed E-state index contributed by atoms with van der Waals surface area (Å²) in [5.74, 6) is 0.611. The zero-order chi connectivity index (χ0) is 31.9. The van der Waals surface area contributed by atoms with Gasteiger partial charge in [0, 0.05) is 38.2 Å². The van der Waals surface area contributed by atoms with E-state index < -0.39 is 18.3 Å². The minimum Gasteiger partial charge on any atom is -0.456 e. The second-order valence-electron chi connectivity index (χ2n) is 13.3. The fourth-order valence-electron chi connectivity index (χ4n) is 6.51. The van der Waals surface area contributed by atoms with Gasteiger partial charge in [0.05, 0.1) is 22.6 Å². The van der Waals surface area contributed by atoms with Gasteiger partial charge in [-0.3, -0.25) is 0 Å². The zero-order valence-electron chi connectivity index (χ0n) is 26.6. The molecule has 1 aliphatic rings. The predicted molar refractivity (Wildman–Crippen MR) is 189 cm³/mol. The van der Waals surface area contributed by atoms with Gasteiger partial charge < -0.3 is 18.1 Å². The number of nitrogens with zero attached hydrogens (tertiary/aromatic N) is 2. The molecule has 0 amide bonds. The van der Waals surface area contributed by atoms with Crippen LogP contribution >= 0.6 is 0 Å². The number of hydrogen-bond donors (Lipinski definition) is 0. The number of para-hydroxylation sites is 1. The van der Waals surface area contributed by atoms with Crippen LogP contribution in [0.25, 0.3) is 77.8 Å². The van der Waals surface area contributed by atoms with Crippen molar-refractivity contribution in [1.82, 2.24) is 9.97 Å². The Hall–Kier alpha value is -5.24. The van der Waals surface area contributed by atoms with Gasteiger partial charge >= 0.3 is 7.12 Å². The van der Waals surface area contributed by atoms with E-state index in [9.17, 15) is 0 Å². The second kappa shape index (κ2) is 10.1. The average molecular weight is 615 g/mol. The summed E-state index contributed by atoms with van der Waals surface area (Å²) < 4.78 is 25.4. The van der Waals surface area contributed by atoms with Gasteiger partial charge in [0.25, 0.3) is 0 Å². The number of fused-ring (bicyclic) bond motifs is 6. The van der Waals surface area contributed by atoms with Crippen molar-refractivity contribution in [2.45, 2.75) is 38.9 Å². The summed E-state index contributed by atoms with van der Waals surface area (Å²) in [6.45, 7) is 8.27. The fourth-order valence-corrected chi connectivity index (χ4v) is 6.51. The standard InChI is InChI=1S/C40H31BN2O4/c1-39(2)40(3,4)47-41(46-39)26-18-20-34-30(22-26)37-29(14-10-16-35(37)44-34)38-42-31(24-11-6-5-7-12-24)23-32(43-38)25-17-19-28-27-13-8-9-15-33(27)45-36(28)21-25/h5-23H,1-4H3. The monoisotopic (exact) mass is 614 g/mol. The van der Waals surface area contributed by atoms with Crippen LogP contribution in [0.2, 0.25) is 0 Å². The fraction of sp³-hybridized carbons (Fsp3) is 0.150. The molecule has 228 valence electrons. The van der Waals surface area contributed by atoms with Crippen molar-refractivity contribution in [2.24, 2.45) is 0 Å². The molecule has 0 saturated carbocycles. The summed E-state index contributed by atoms with van der Waals surface area (Å²) in [5.41, 5.74) is 7.77. The van der Waals surface area contributed by atoms with Crippen LogP contribution in [-0.4, -0.2) is 28.3 Å². The van der Waals surface area contributed by atoms with Crippen LogP contribution < -0.4 is 5.46 Å². The maximum Gasteiger partial charge on any atom is 0.494 e. The van der Waals surface area contributed by atoms with E-state index in [0.717, 1.165) is 77.4 Å². The summed E-state index contributed by atoms with van der Waals surface area (Å²) in [5, 5.41) is 4.08. The molecule has 8 aromatic rings. The maximum absolute atomic E-state index is 6.40. The molecule has 1 aliphatic heterocycles. The number of rotatable bonds is 4. The third-order valence-electron chi connectivity index (χ3n) is 9.76. The Morgan fingerprint density at radius 2 is 1.17 bits per heavy atom. The van der Waals surface area contributed by atoms with E-state index in [-0.39, 0.29) is 0 Å². The van der Waals surface area contributed by atoms with Crippen LogP contribution in [0, 0.1) is 0 Å². The molecule has 3 aromatic heterocycles. The second-order valence-corrected chi connectivity index (χ2v) is 13.3. The van der Waals surface area contributed by atoms with Gasteiger partial charge in [-0.25, -0.2) is 9.97 Å². The summed E-state index contributed by atoms with van der Waals surface area (Å²) in [4.78, 5) is 10.3. The number of furan rings is 2. The van der Waals surface area contributed by atoms with E-state index in [2.05, 4.69) is 76.2 Å². The van der Waals surface area contributed by atoms with Crippen LogP contribution in [0.4, 0.5) is 0 Å². The smallest absolute Gasteiger partial charge is 0.456 e. The molecule has 1 saturated heterocycles. The third kappa shape index (κ3) is 4.49. The molecule has 0 N–H and O–H groups in total.